The van der Waals surface area contributed by atoms with Crippen LogP contribution < -0.4 is 0 Å². The van der Waals surface area contributed by atoms with E-state index in [9.17, 15) is 9.59 Å². The topological polar surface area (TPSA) is 63.6 Å². The van der Waals surface area contributed by atoms with Crippen LogP contribution in [0.1, 0.15) is 51.0 Å². The van der Waals surface area contributed by atoms with Crippen molar-refractivity contribution in [2.45, 2.75) is 51.9 Å². The van der Waals surface area contributed by atoms with Crippen LogP contribution in [0.25, 0.3) is 0 Å². The average Bonchev–Trinajstić information content (AvgIpc) is 2.51. The molecular weight excluding hydrogens is 280 g/mol. The van der Waals surface area contributed by atoms with Crippen molar-refractivity contribution in [3.63, 3.8) is 0 Å². The number of aliphatic carboxylic acids is 1. The van der Waals surface area contributed by atoms with Gasteiger partial charge in [-0.3, -0.25) is 9.59 Å². The molecule has 0 aromatic heterocycles. The van der Waals surface area contributed by atoms with Gasteiger partial charge in [-0.15, -0.1) is 0 Å². The van der Waals surface area contributed by atoms with E-state index in [0.29, 0.717) is 19.4 Å². The highest BCUT2D eigenvalue weighted by atomic mass is 16.5. The van der Waals surface area contributed by atoms with Crippen molar-refractivity contribution in [1.29, 1.82) is 0 Å². The molecule has 0 aliphatic heterocycles. The summed E-state index contributed by atoms with van der Waals surface area (Å²) in [4.78, 5) is 22.5. The molecule has 1 rings (SSSR count). The van der Waals surface area contributed by atoms with Crippen molar-refractivity contribution >= 4 is 11.9 Å². The monoisotopic (exact) mass is 306 g/mol. The zero-order valence-corrected chi connectivity index (χ0v) is 13.3. The molecule has 0 aliphatic carbocycles. The molecule has 1 N–H and O–H groups in total. The van der Waals surface area contributed by atoms with E-state index in [0.717, 1.165) is 25.7 Å². The Morgan fingerprint density at radius 1 is 1.09 bits per heavy atom. The fraction of sp³-hybridized carbons (Fsp3) is 0.556. The number of hydrogen-bond acceptors (Lipinski definition) is 3. The Labute approximate surface area is 132 Å². The lowest BCUT2D eigenvalue weighted by Gasteiger charge is -2.14. The molecular formula is C18H26O4. The molecule has 1 aromatic carbocycles. The molecule has 4 nitrogen and oxygen atoms in total. The predicted octanol–water partition coefficient (Wildman–Crippen LogP) is 3.83. The quantitative estimate of drug-likeness (QED) is 0.498. The van der Waals surface area contributed by atoms with E-state index in [-0.39, 0.29) is 18.3 Å². The van der Waals surface area contributed by atoms with Gasteiger partial charge < -0.3 is 9.84 Å². The van der Waals surface area contributed by atoms with Crippen molar-refractivity contribution < 1.29 is 19.4 Å². The second-order valence-electron chi connectivity index (χ2n) is 5.47. The first-order valence-corrected chi connectivity index (χ1v) is 8.05. The van der Waals surface area contributed by atoms with Gasteiger partial charge in [0.25, 0.3) is 0 Å². The minimum Gasteiger partial charge on any atom is -0.481 e. The van der Waals surface area contributed by atoms with Gasteiger partial charge in [0.2, 0.25) is 0 Å². The number of esters is 1. The lowest BCUT2D eigenvalue weighted by atomic mass is 9.95. The average molecular weight is 306 g/mol. The summed E-state index contributed by atoms with van der Waals surface area (Å²) in [6.07, 6.45) is 5.19. The number of carbonyl (C=O) groups excluding carboxylic acids is 1. The second kappa shape index (κ2) is 10.8. The van der Waals surface area contributed by atoms with Crippen LogP contribution in [0.4, 0.5) is 0 Å². The van der Waals surface area contributed by atoms with Crippen LogP contribution in [0.5, 0.6) is 0 Å². The third-order valence-electron chi connectivity index (χ3n) is 3.69. The zero-order valence-electron chi connectivity index (χ0n) is 13.3. The third-order valence-corrected chi connectivity index (χ3v) is 3.69. The smallest absolute Gasteiger partial charge is 0.308 e. The van der Waals surface area contributed by atoms with Crippen molar-refractivity contribution in [1.82, 2.24) is 0 Å². The summed E-state index contributed by atoms with van der Waals surface area (Å²) >= 11 is 0. The number of aryl methyl sites for hydroxylation is 1. The van der Waals surface area contributed by atoms with Gasteiger partial charge in [-0.2, -0.15) is 0 Å². The molecule has 0 fully saturated rings. The number of carbonyl (C=O) groups is 2. The molecule has 0 saturated heterocycles. The SMILES string of the molecule is CCOC(=O)C(CCCCCc1ccccc1)CCC(=O)O. The summed E-state index contributed by atoms with van der Waals surface area (Å²) in [7, 11) is 0. The first-order valence-electron chi connectivity index (χ1n) is 8.05. The zero-order chi connectivity index (χ0) is 16.2. The number of benzene rings is 1. The number of carboxylic acid groups (broad SMARTS) is 1. The van der Waals surface area contributed by atoms with Crippen LogP contribution in [0.15, 0.2) is 30.3 Å². The fourth-order valence-corrected chi connectivity index (χ4v) is 2.48. The van der Waals surface area contributed by atoms with E-state index in [1.165, 1.54) is 5.56 Å². The lowest BCUT2D eigenvalue weighted by Crippen LogP contribution is -2.19. The largest absolute Gasteiger partial charge is 0.481 e. The molecule has 4 heteroatoms. The van der Waals surface area contributed by atoms with Gasteiger partial charge in [0.15, 0.2) is 0 Å². The second-order valence-corrected chi connectivity index (χ2v) is 5.47. The normalized spacial score (nSPS) is 11.9. The number of carboxylic acids is 1. The number of unbranched alkanes of at least 4 members (excludes halogenated alkanes) is 2. The Bertz CT molecular complexity index is 442. The summed E-state index contributed by atoms with van der Waals surface area (Å²) in [5, 5.41) is 8.76. The van der Waals surface area contributed by atoms with Crippen LogP contribution in [0, 0.1) is 5.92 Å². The highest BCUT2D eigenvalue weighted by Gasteiger charge is 2.20. The minimum absolute atomic E-state index is 0.0213. The first-order chi connectivity index (χ1) is 10.6. The van der Waals surface area contributed by atoms with Crippen LogP contribution in [0.2, 0.25) is 0 Å². The molecule has 0 aliphatic rings. The Morgan fingerprint density at radius 3 is 2.45 bits per heavy atom. The van der Waals surface area contributed by atoms with Crippen LogP contribution in [0.3, 0.4) is 0 Å². The summed E-state index contributed by atoms with van der Waals surface area (Å²) in [5.41, 5.74) is 1.33. The van der Waals surface area contributed by atoms with Crippen molar-refractivity contribution in [2.75, 3.05) is 6.61 Å². The van der Waals surface area contributed by atoms with Gasteiger partial charge in [-0.25, -0.2) is 0 Å². The van der Waals surface area contributed by atoms with Crippen molar-refractivity contribution in [3.8, 4) is 0 Å². The fourth-order valence-electron chi connectivity index (χ4n) is 2.48. The predicted molar refractivity (Wildman–Crippen MR) is 85.6 cm³/mol. The Hall–Kier alpha value is -1.84. The number of hydrogen-bond donors (Lipinski definition) is 1. The Morgan fingerprint density at radius 2 is 1.82 bits per heavy atom. The molecule has 122 valence electrons. The maximum atomic E-state index is 11.8. The van der Waals surface area contributed by atoms with Crippen LogP contribution in [-0.4, -0.2) is 23.7 Å². The van der Waals surface area contributed by atoms with Gasteiger partial charge >= 0.3 is 11.9 Å². The highest BCUT2D eigenvalue weighted by molar-refractivity contribution is 5.73. The molecule has 1 atom stereocenters. The molecule has 0 heterocycles. The van der Waals surface area contributed by atoms with Crippen molar-refractivity contribution in [3.05, 3.63) is 35.9 Å². The van der Waals surface area contributed by atoms with E-state index < -0.39 is 5.97 Å². The molecule has 1 unspecified atom stereocenters. The Balaban J connectivity index is 2.26. The molecule has 0 spiro atoms. The van der Waals surface area contributed by atoms with E-state index in [1.807, 2.05) is 18.2 Å². The van der Waals surface area contributed by atoms with Gasteiger partial charge in [-0.1, -0.05) is 43.2 Å². The van der Waals surface area contributed by atoms with E-state index in [1.54, 1.807) is 6.92 Å². The molecule has 0 radical (unpaired) electrons. The van der Waals surface area contributed by atoms with Crippen molar-refractivity contribution in [2.24, 2.45) is 5.92 Å². The van der Waals surface area contributed by atoms with E-state index in [2.05, 4.69) is 12.1 Å². The standard InChI is InChI=1S/C18H26O4/c1-2-22-18(21)16(13-14-17(19)20)12-8-4-7-11-15-9-5-3-6-10-15/h3,5-6,9-10,16H,2,4,7-8,11-14H2,1H3,(H,19,20). The highest BCUT2D eigenvalue weighted by Crippen LogP contribution is 2.18. The summed E-state index contributed by atoms with van der Waals surface area (Å²) in [6.45, 7) is 2.11. The first kappa shape index (κ1) is 18.2. The summed E-state index contributed by atoms with van der Waals surface area (Å²) in [5.74, 6) is -1.40. The van der Waals surface area contributed by atoms with Gasteiger partial charge in [0.05, 0.1) is 12.5 Å². The number of rotatable bonds is 11. The summed E-state index contributed by atoms with van der Waals surface area (Å²) in [6, 6.07) is 10.3. The van der Waals surface area contributed by atoms with Gasteiger partial charge in [-0.05, 0) is 38.2 Å². The third kappa shape index (κ3) is 7.81. The molecule has 0 amide bonds. The van der Waals surface area contributed by atoms with Gasteiger partial charge in [0.1, 0.15) is 0 Å². The number of ether oxygens (including phenoxy) is 1. The molecule has 0 bridgehead atoms. The minimum atomic E-state index is -0.863. The van der Waals surface area contributed by atoms with Gasteiger partial charge in [0, 0.05) is 6.42 Å². The lowest BCUT2D eigenvalue weighted by molar-refractivity contribution is -0.149. The van der Waals surface area contributed by atoms with Crippen LogP contribution in [-0.2, 0) is 20.7 Å². The van der Waals surface area contributed by atoms with Crippen LogP contribution >= 0.6 is 0 Å². The molecule has 0 saturated carbocycles. The molecule has 22 heavy (non-hydrogen) atoms. The molecule has 1 aromatic rings. The maximum absolute atomic E-state index is 11.8. The van der Waals surface area contributed by atoms with E-state index in [4.69, 9.17) is 9.84 Å². The summed E-state index contributed by atoms with van der Waals surface area (Å²) < 4.78 is 5.03. The Kier molecular flexibility index (Phi) is 8.96. The van der Waals surface area contributed by atoms with E-state index >= 15 is 0 Å². The maximum Gasteiger partial charge on any atom is 0.308 e.